The van der Waals surface area contributed by atoms with Crippen LogP contribution in [0.3, 0.4) is 0 Å². The normalized spacial score (nSPS) is 27.6. The fourth-order valence-electron chi connectivity index (χ4n) is 7.60. The number of aliphatic hydroxyl groups is 3. The number of allylic oxidation sites excluding steroid dienone is 1. The molecule has 3 aromatic carbocycles. The molecule has 0 aromatic heterocycles. The molecule has 2 aliphatic heterocycles. The third-order valence-electron chi connectivity index (χ3n) is 9.76. The van der Waals surface area contributed by atoms with E-state index in [0.29, 0.717) is 50.8 Å². The molecule has 2 unspecified atom stereocenters. The van der Waals surface area contributed by atoms with Gasteiger partial charge in [0.1, 0.15) is 17.4 Å². The molecule has 1 amide bonds. The lowest BCUT2D eigenvalue weighted by atomic mass is 9.57. The van der Waals surface area contributed by atoms with Crippen LogP contribution in [0.2, 0.25) is 0 Å². The van der Waals surface area contributed by atoms with E-state index < -0.39 is 52.7 Å². The van der Waals surface area contributed by atoms with Crippen LogP contribution in [-0.2, 0) is 16.0 Å². The summed E-state index contributed by atoms with van der Waals surface area (Å²) in [5, 5.41) is 45.5. The Hall–Kier alpha value is -5.07. The summed E-state index contributed by atoms with van der Waals surface area (Å²) < 4.78 is 22.1. The molecule has 12 heteroatoms. The maximum Gasteiger partial charge on any atom is 0.231 e. The minimum absolute atomic E-state index is 0.0426. The van der Waals surface area contributed by atoms with Gasteiger partial charge in [0, 0.05) is 17.1 Å². The molecule has 5 aliphatic rings. The van der Waals surface area contributed by atoms with E-state index in [-0.39, 0.29) is 49.7 Å². The molecule has 45 heavy (non-hydrogen) atoms. The molecule has 0 radical (unpaired) electrons. The quantitative estimate of drug-likeness (QED) is 0.272. The molecule has 1 saturated carbocycles. The highest BCUT2D eigenvalue weighted by Gasteiger charge is 2.62. The molecule has 230 valence electrons. The lowest BCUT2D eigenvalue weighted by Crippen LogP contribution is -2.63. The number of ketones is 2. The van der Waals surface area contributed by atoms with Crippen LogP contribution in [0.15, 0.2) is 53.8 Å². The Labute approximate surface area is 255 Å². The number of primary amides is 1. The molecular weight excluding hydrogens is 586 g/mol. The van der Waals surface area contributed by atoms with Crippen molar-refractivity contribution in [1.82, 2.24) is 0 Å². The number of carbonyl (C=O) groups is 3. The second kappa shape index (κ2) is 9.46. The Kier molecular flexibility index (Phi) is 5.78. The van der Waals surface area contributed by atoms with Gasteiger partial charge in [-0.25, -0.2) is 0 Å². The number of hydrogen-bond acceptors (Lipinski definition) is 11. The van der Waals surface area contributed by atoms with E-state index in [4.69, 9.17) is 24.7 Å². The summed E-state index contributed by atoms with van der Waals surface area (Å²) in [7, 11) is 0. The van der Waals surface area contributed by atoms with Gasteiger partial charge in [-0.15, -0.1) is 0 Å². The van der Waals surface area contributed by atoms with Gasteiger partial charge in [0.25, 0.3) is 0 Å². The minimum Gasteiger partial charge on any atom is -0.508 e. The van der Waals surface area contributed by atoms with E-state index in [1.807, 2.05) is 6.07 Å². The van der Waals surface area contributed by atoms with Gasteiger partial charge in [-0.3, -0.25) is 14.4 Å². The van der Waals surface area contributed by atoms with E-state index in [1.54, 1.807) is 36.4 Å². The lowest BCUT2D eigenvalue weighted by molar-refractivity contribution is -0.167. The average Bonchev–Trinajstić information content (AvgIpc) is 3.68. The predicted octanol–water partition coefficient (Wildman–Crippen LogP) is 2.54. The Morgan fingerprint density at radius 1 is 0.844 bits per heavy atom. The van der Waals surface area contributed by atoms with E-state index in [1.165, 1.54) is 0 Å². The third kappa shape index (κ3) is 3.75. The molecule has 0 spiro atoms. The number of nitrogens with two attached hydrogens (primary N) is 1. The van der Waals surface area contributed by atoms with E-state index in [0.717, 1.165) is 0 Å². The van der Waals surface area contributed by atoms with Gasteiger partial charge >= 0.3 is 0 Å². The van der Waals surface area contributed by atoms with Gasteiger partial charge in [-0.1, -0.05) is 12.1 Å². The highest BCUT2D eigenvalue weighted by Crippen LogP contribution is 2.54. The zero-order valence-electron chi connectivity index (χ0n) is 23.6. The number of ether oxygens (including phenoxy) is 4. The average molecular weight is 614 g/mol. The third-order valence-corrected chi connectivity index (χ3v) is 9.76. The Bertz CT molecular complexity index is 1900. The number of rotatable bonds is 3. The van der Waals surface area contributed by atoms with Gasteiger partial charge in [0.15, 0.2) is 40.2 Å². The van der Waals surface area contributed by atoms with Crippen LogP contribution in [-0.4, -0.2) is 63.2 Å². The van der Waals surface area contributed by atoms with Crippen LogP contribution in [0.4, 0.5) is 0 Å². The van der Waals surface area contributed by atoms with Crippen LogP contribution in [0, 0.1) is 17.8 Å². The summed E-state index contributed by atoms with van der Waals surface area (Å²) in [6.07, 6.45) is -1.41. The molecular formula is C33H27NO11. The van der Waals surface area contributed by atoms with Gasteiger partial charge in [-0.05, 0) is 77.8 Å². The number of Topliss-reactive ketones (excluding diaryl/α,β-unsaturated/α-hetero) is 2. The summed E-state index contributed by atoms with van der Waals surface area (Å²) >= 11 is 0. The first kappa shape index (κ1) is 27.5. The molecule has 2 heterocycles. The number of phenols is 1. The van der Waals surface area contributed by atoms with Crippen molar-refractivity contribution in [2.45, 2.75) is 31.0 Å². The zero-order chi connectivity index (χ0) is 31.4. The Morgan fingerprint density at radius 2 is 1.44 bits per heavy atom. The van der Waals surface area contributed by atoms with Gasteiger partial charge < -0.3 is 45.1 Å². The van der Waals surface area contributed by atoms with Crippen LogP contribution in [0.5, 0.6) is 28.7 Å². The first-order valence-corrected chi connectivity index (χ1v) is 14.5. The number of phenolic OH excluding ortho intramolecular Hbond substituents is 1. The second-order valence-corrected chi connectivity index (χ2v) is 12.0. The number of hydrogen-bond donors (Lipinski definition) is 5. The lowest BCUT2D eigenvalue weighted by Gasteiger charge is -2.48. The predicted molar refractivity (Wildman–Crippen MR) is 154 cm³/mol. The number of benzene rings is 3. The fourth-order valence-corrected chi connectivity index (χ4v) is 7.60. The summed E-state index contributed by atoms with van der Waals surface area (Å²) in [5.74, 6) is -5.60. The number of aliphatic hydroxyl groups excluding tert-OH is 2. The number of amides is 1. The number of fused-ring (bicyclic) bond motifs is 5. The molecule has 3 aromatic rings. The molecule has 5 atom stereocenters. The van der Waals surface area contributed by atoms with E-state index >= 15 is 0 Å². The summed E-state index contributed by atoms with van der Waals surface area (Å²) in [6, 6.07) is 12.2. The van der Waals surface area contributed by atoms with Crippen LogP contribution >= 0.6 is 0 Å². The standard InChI is InChI=1S/C33H27NO11/c34-32(40)27-20(35)9-16-5-15-6-19-17(13-1-3-21-23(7-13)44-11-42-21)10-18(14-2-4-22-24(8-14)45-12-43-22)28(36)26(19)29(37)25(15)30(38)33(16,41)31(27)39/h1-4,7-8,10,15-16,20,27,35-36,38,41H,5-6,9,11-12H2,(H2,34,40)/t15-,16+,20?,27?,33+/m1/s1. The van der Waals surface area contributed by atoms with Crippen molar-refractivity contribution in [2.75, 3.05) is 13.6 Å². The monoisotopic (exact) mass is 613 g/mol. The fraction of sp³-hybridized carbons (Fsp3) is 0.303. The summed E-state index contributed by atoms with van der Waals surface area (Å²) in [6.45, 7) is 0.107. The van der Waals surface area contributed by atoms with Crippen molar-refractivity contribution in [3.05, 3.63) is 64.9 Å². The molecule has 8 rings (SSSR count). The van der Waals surface area contributed by atoms with Crippen LogP contribution in [0.1, 0.15) is 28.8 Å². The summed E-state index contributed by atoms with van der Waals surface area (Å²) in [5.41, 5.74) is 5.09. The van der Waals surface area contributed by atoms with E-state index in [2.05, 4.69) is 0 Å². The zero-order valence-corrected chi connectivity index (χ0v) is 23.6. The first-order valence-electron chi connectivity index (χ1n) is 14.5. The number of aromatic hydroxyl groups is 1. The van der Waals surface area contributed by atoms with Crippen LogP contribution in [0.25, 0.3) is 22.3 Å². The Balaban J connectivity index is 1.34. The minimum atomic E-state index is -2.59. The van der Waals surface area contributed by atoms with Crippen molar-refractivity contribution in [3.63, 3.8) is 0 Å². The maximum absolute atomic E-state index is 14.4. The van der Waals surface area contributed by atoms with Gasteiger partial charge in [-0.2, -0.15) is 0 Å². The van der Waals surface area contributed by atoms with Gasteiger partial charge in [0.2, 0.25) is 19.5 Å². The van der Waals surface area contributed by atoms with Crippen molar-refractivity contribution in [1.29, 1.82) is 0 Å². The molecule has 0 bridgehead atoms. The Morgan fingerprint density at radius 3 is 2.07 bits per heavy atom. The number of carbonyl (C=O) groups excluding carboxylic acids is 3. The van der Waals surface area contributed by atoms with Crippen molar-refractivity contribution >= 4 is 17.5 Å². The summed E-state index contributed by atoms with van der Waals surface area (Å²) in [4.78, 5) is 39.8. The van der Waals surface area contributed by atoms with E-state index in [9.17, 15) is 34.8 Å². The molecule has 12 nitrogen and oxygen atoms in total. The topological polar surface area (TPSA) is 195 Å². The molecule has 0 saturated heterocycles. The highest BCUT2D eigenvalue weighted by atomic mass is 16.7. The van der Waals surface area contributed by atoms with Crippen LogP contribution < -0.4 is 24.7 Å². The van der Waals surface area contributed by atoms with Crippen molar-refractivity contribution in [3.8, 4) is 51.0 Å². The molecule has 6 N–H and O–H groups in total. The first-order chi connectivity index (χ1) is 21.6. The molecule has 3 aliphatic carbocycles. The van der Waals surface area contributed by atoms with Crippen molar-refractivity contribution in [2.24, 2.45) is 23.5 Å². The largest absolute Gasteiger partial charge is 0.508 e. The smallest absolute Gasteiger partial charge is 0.231 e. The highest BCUT2D eigenvalue weighted by molar-refractivity contribution is 6.17. The molecule has 1 fully saturated rings. The maximum atomic E-state index is 14.4. The van der Waals surface area contributed by atoms with Gasteiger partial charge in [0.05, 0.1) is 11.7 Å². The second-order valence-electron chi connectivity index (χ2n) is 12.0. The SMILES string of the molecule is NC(=O)C1C(=O)[C@@]2(O)C(O)=C3C(=O)c4c(O)c(-c5ccc6c(c5)OCO6)cc(-c5ccc6c(c5)OCO6)c4C[C@H]3C[C@H]2CC1O. The van der Waals surface area contributed by atoms with Crippen molar-refractivity contribution < 1.29 is 53.8 Å².